The molecule has 1 aromatic rings. The van der Waals surface area contributed by atoms with E-state index in [0.29, 0.717) is 13.1 Å². The van der Waals surface area contributed by atoms with Gasteiger partial charge in [0.1, 0.15) is 5.75 Å². The summed E-state index contributed by atoms with van der Waals surface area (Å²) < 4.78 is 5.11. The standard InChI is InChI=1S/C17H27N3O3/c1-23-16-6-4-14(5-7-16)8-9-18-17(22)19-12-15(21)13-20-10-2-3-11-20/h4-7,15,21H,2-3,8-13H2,1H3,(H2,18,19,22)/t15-/m0/s1. The molecule has 1 saturated heterocycles. The highest BCUT2D eigenvalue weighted by atomic mass is 16.5. The number of nitrogens with one attached hydrogen (secondary N) is 2. The summed E-state index contributed by atoms with van der Waals surface area (Å²) in [4.78, 5) is 13.9. The Kier molecular flexibility index (Phi) is 7.16. The molecule has 1 aliphatic heterocycles. The summed E-state index contributed by atoms with van der Waals surface area (Å²) in [6.45, 7) is 3.56. The number of aliphatic hydroxyl groups excluding tert-OH is 1. The molecule has 0 saturated carbocycles. The molecule has 3 N–H and O–H groups in total. The van der Waals surface area contributed by atoms with Crippen LogP contribution in [0.4, 0.5) is 4.79 Å². The molecule has 2 rings (SSSR count). The number of benzene rings is 1. The van der Waals surface area contributed by atoms with Crippen LogP contribution in [0.15, 0.2) is 24.3 Å². The van der Waals surface area contributed by atoms with Crippen LogP contribution in [-0.2, 0) is 6.42 Å². The van der Waals surface area contributed by atoms with Gasteiger partial charge in [0, 0.05) is 19.6 Å². The lowest BCUT2D eigenvalue weighted by molar-refractivity contribution is 0.124. The molecule has 0 bridgehead atoms. The molecule has 1 heterocycles. The predicted octanol–water partition coefficient (Wildman–Crippen LogP) is 0.994. The van der Waals surface area contributed by atoms with Crippen LogP contribution >= 0.6 is 0 Å². The number of hydrogen-bond donors (Lipinski definition) is 3. The number of carbonyl (C=O) groups is 1. The third-order valence-electron chi connectivity index (χ3n) is 4.02. The third-order valence-corrected chi connectivity index (χ3v) is 4.02. The summed E-state index contributed by atoms with van der Waals surface area (Å²) in [5.74, 6) is 0.825. The van der Waals surface area contributed by atoms with E-state index in [-0.39, 0.29) is 12.6 Å². The maximum Gasteiger partial charge on any atom is 0.314 e. The van der Waals surface area contributed by atoms with E-state index in [2.05, 4.69) is 15.5 Å². The molecule has 0 aliphatic carbocycles. The average molecular weight is 321 g/mol. The quantitative estimate of drug-likeness (QED) is 0.668. The minimum absolute atomic E-state index is 0.237. The van der Waals surface area contributed by atoms with Crippen LogP contribution in [-0.4, -0.2) is 62.0 Å². The molecular weight excluding hydrogens is 294 g/mol. The molecule has 6 heteroatoms. The van der Waals surface area contributed by atoms with Crippen LogP contribution in [0.5, 0.6) is 5.75 Å². The largest absolute Gasteiger partial charge is 0.497 e. The number of methoxy groups -OCH3 is 1. The summed E-state index contributed by atoms with van der Waals surface area (Å²) >= 11 is 0. The van der Waals surface area contributed by atoms with Gasteiger partial charge in [0.15, 0.2) is 0 Å². The van der Waals surface area contributed by atoms with Crippen molar-refractivity contribution in [2.45, 2.75) is 25.4 Å². The van der Waals surface area contributed by atoms with Crippen molar-refractivity contribution in [3.63, 3.8) is 0 Å². The second-order valence-corrected chi connectivity index (χ2v) is 5.90. The summed E-state index contributed by atoms with van der Waals surface area (Å²) in [5, 5.41) is 15.4. The SMILES string of the molecule is COc1ccc(CCNC(=O)NC[C@H](O)CN2CCCC2)cc1. The van der Waals surface area contributed by atoms with E-state index in [1.807, 2.05) is 24.3 Å². The first-order valence-corrected chi connectivity index (χ1v) is 8.22. The zero-order valence-corrected chi connectivity index (χ0v) is 13.8. The maximum atomic E-state index is 11.7. The fraction of sp³-hybridized carbons (Fsp3) is 0.588. The van der Waals surface area contributed by atoms with Crippen LogP contribution < -0.4 is 15.4 Å². The van der Waals surface area contributed by atoms with E-state index >= 15 is 0 Å². The zero-order chi connectivity index (χ0) is 16.5. The van der Waals surface area contributed by atoms with Gasteiger partial charge in [-0.3, -0.25) is 0 Å². The number of likely N-dealkylation sites (tertiary alicyclic amines) is 1. The van der Waals surface area contributed by atoms with E-state index < -0.39 is 6.10 Å². The van der Waals surface area contributed by atoms with E-state index in [9.17, 15) is 9.90 Å². The number of rotatable bonds is 8. The summed E-state index contributed by atoms with van der Waals surface area (Å²) in [7, 11) is 1.64. The highest BCUT2D eigenvalue weighted by molar-refractivity contribution is 5.73. The lowest BCUT2D eigenvalue weighted by Crippen LogP contribution is -2.43. The van der Waals surface area contributed by atoms with Gasteiger partial charge >= 0.3 is 6.03 Å². The van der Waals surface area contributed by atoms with Gasteiger partial charge in [0.2, 0.25) is 0 Å². The minimum Gasteiger partial charge on any atom is -0.497 e. The van der Waals surface area contributed by atoms with Gasteiger partial charge in [0.25, 0.3) is 0 Å². The summed E-state index contributed by atoms with van der Waals surface area (Å²) in [6.07, 6.45) is 2.64. The molecule has 0 radical (unpaired) electrons. The number of ether oxygens (including phenoxy) is 1. The predicted molar refractivity (Wildman–Crippen MR) is 89.8 cm³/mol. The molecule has 2 amide bonds. The van der Waals surface area contributed by atoms with Gasteiger partial charge in [-0.05, 0) is 50.0 Å². The molecule has 1 aromatic carbocycles. The van der Waals surface area contributed by atoms with Crippen LogP contribution in [0.3, 0.4) is 0 Å². The van der Waals surface area contributed by atoms with Gasteiger partial charge in [-0.2, -0.15) is 0 Å². The molecule has 0 spiro atoms. The van der Waals surface area contributed by atoms with E-state index in [4.69, 9.17) is 4.74 Å². The van der Waals surface area contributed by atoms with Gasteiger partial charge in [0.05, 0.1) is 13.2 Å². The van der Waals surface area contributed by atoms with Gasteiger partial charge in [-0.15, -0.1) is 0 Å². The summed E-state index contributed by atoms with van der Waals surface area (Å²) in [5.41, 5.74) is 1.14. The smallest absolute Gasteiger partial charge is 0.314 e. The van der Waals surface area contributed by atoms with Crippen molar-refractivity contribution in [3.8, 4) is 5.75 Å². The molecule has 1 aliphatic rings. The summed E-state index contributed by atoms with van der Waals surface area (Å²) in [6, 6.07) is 7.55. The highest BCUT2D eigenvalue weighted by Crippen LogP contribution is 2.11. The molecule has 6 nitrogen and oxygen atoms in total. The highest BCUT2D eigenvalue weighted by Gasteiger charge is 2.16. The minimum atomic E-state index is -0.513. The first kappa shape index (κ1) is 17.6. The monoisotopic (exact) mass is 321 g/mol. The van der Waals surface area contributed by atoms with Crippen LogP contribution in [0.25, 0.3) is 0 Å². The lowest BCUT2D eigenvalue weighted by Gasteiger charge is -2.19. The zero-order valence-electron chi connectivity index (χ0n) is 13.8. The topological polar surface area (TPSA) is 73.8 Å². The normalized spacial score (nSPS) is 16.1. The molecule has 23 heavy (non-hydrogen) atoms. The molecule has 0 aromatic heterocycles. The van der Waals surface area contributed by atoms with Crippen LogP contribution in [0.2, 0.25) is 0 Å². The maximum absolute atomic E-state index is 11.7. The van der Waals surface area contributed by atoms with Crippen molar-refractivity contribution in [1.82, 2.24) is 15.5 Å². The number of nitrogens with zero attached hydrogens (tertiary/aromatic N) is 1. The first-order chi connectivity index (χ1) is 11.2. The number of hydrogen-bond acceptors (Lipinski definition) is 4. The molecule has 128 valence electrons. The van der Waals surface area contributed by atoms with Crippen molar-refractivity contribution in [2.75, 3.05) is 39.8 Å². The number of carbonyl (C=O) groups excluding carboxylic acids is 1. The lowest BCUT2D eigenvalue weighted by atomic mass is 10.1. The Hall–Kier alpha value is -1.79. The van der Waals surface area contributed by atoms with Crippen molar-refractivity contribution in [1.29, 1.82) is 0 Å². The fourth-order valence-corrected chi connectivity index (χ4v) is 2.71. The van der Waals surface area contributed by atoms with Gasteiger partial charge in [-0.25, -0.2) is 4.79 Å². The Labute approximate surface area is 137 Å². The molecule has 1 atom stereocenters. The molecular formula is C17H27N3O3. The van der Waals surface area contributed by atoms with Crippen LogP contribution in [0, 0.1) is 0 Å². The van der Waals surface area contributed by atoms with E-state index in [1.54, 1.807) is 7.11 Å². The van der Waals surface area contributed by atoms with Gasteiger partial charge < -0.3 is 25.4 Å². The van der Waals surface area contributed by atoms with Crippen molar-refractivity contribution < 1.29 is 14.6 Å². The Morgan fingerprint density at radius 1 is 1.26 bits per heavy atom. The van der Waals surface area contributed by atoms with Crippen molar-refractivity contribution in [2.24, 2.45) is 0 Å². The second-order valence-electron chi connectivity index (χ2n) is 5.90. The number of β-amino-alcohol motifs (C(OH)–C–C–N with tert-alkyl or cyclic N) is 1. The van der Waals surface area contributed by atoms with Gasteiger partial charge in [-0.1, -0.05) is 12.1 Å². The third kappa shape index (κ3) is 6.46. The number of amides is 2. The Bertz CT molecular complexity index is 472. The Morgan fingerprint density at radius 2 is 1.96 bits per heavy atom. The molecule has 1 fully saturated rings. The fourth-order valence-electron chi connectivity index (χ4n) is 2.71. The van der Waals surface area contributed by atoms with Crippen LogP contribution in [0.1, 0.15) is 18.4 Å². The van der Waals surface area contributed by atoms with Crippen molar-refractivity contribution in [3.05, 3.63) is 29.8 Å². The first-order valence-electron chi connectivity index (χ1n) is 8.22. The number of aliphatic hydroxyl groups is 1. The Balaban J connectivity index is 1.57. The van der Waals surface area contributed by atoms with Crippen molar-refractivity contribution >= 4 is 6.03 Å². The number of urea groups is 1. The van der Waals surface area contributed by atoms with E-state index in [0.717, 1.165) is 30.8 Å². The molecule has 0 unspecified atom stereocenters. The Morgan fingerprint density at radius 3 is 2.61 bits per heavy atom. The van der Waals surface area contributed by atoms with E-state index in [1.165, 1.54) is 12.8 Å². The average Bonchev–Trinajstić information content (AvgIpc) is 3.06. The second kappa shape index (κ2) is 9.37.